The van der Waals surface area contributed by atoms with Crippen molar-refractivity contribution in [3.8, 4) is 0 Å². The van der Waals surface area contributed by atoms with Gasteiger partial charge in [-0.05, 0) is 61.3 Å². The molecule has 30 heavy (non-hydrogen) atoms. The van der Waals surface area contributed by atoms with E-state index in [4.69, 9.17) is 4.74 Å². The number of carbonyl (C=O) groups is 1. The minimum atomic E-state index is -0.663. The second-order valence-corrected chi connectivity index (χ2v) is 7.47. The number of amides is 1. The highest BCUT2D eigenvalue weighted by atomic mass is 16.5. The number of aliphatic hydroxyl groups is 1. The van der Waals surface area contributed by atoms with Crippen LogP contribution in [0.4, 0.5) is 0 Å². The number of aliphatic hydroxyl groups excluding tert-OH is 1. The smallest absolute Gasteiger partial charge is 0.270 e. The van der Waals surface area contributed by atoms with Gasteiger partial charge in [0.1, 0.15) is 5.69 Å². The van der Waals surface area contributed by atoms with Gasteiger partial charge in [-0.1, -0.05) is 44.2 Å². The van der Waals surface area contributed by atoms with Crippen molar-refractivity contribution in [2.24, 2.45) is 0 Å². The molecule has 2 aliphatic rings. The minimum Gasteiger partial charge on any atom is -0.389 e. The van der Waals surface area contributed by atoms with E-state index in [2.05, 4.69) is 22.4 Å². The number of aryl methyl sites for hydroxylation is 1. The Balaban J connectivity index is 0.00000104. The fourth-order valence-corrected chi connectivity index (χ4v) is 4.01. The number of fused-ring (bicyclic) bond motifs is 1. The normalized spacial score (nSPS) is 20.1. The van der Waals surface area contributed by atoms with Crippen LogP contribution in [0.25, 0.3) is 0 Å². The van der Waals surface area contributed by atoms with Crippen LogP contribution in [0.1, 0.15) is 66.0 Å². The van der Waals surface area contributed by atoms with E-state index in [0.717, 1.165) is 31.4 Å². The van der Waals surface area contributed by atoms with Gasteiger partial charge in [0, 0.05) is 12.3 Å². The Hall–Kier alpha value is -2.28. The average Bonchev–Trinajstić information content (AvgIpc) is 2.77. The molecule has 4 rings (SSSR count). The van der Waals surface area contributed by atoms with Gasteiger partial charge in [-0.2, -0.15) is 0 Å². The summed E-state index contributed by atoms with van der Waals surface area (Å²) >= 11 is 0. The van der Waals surface area contributed by atoms with Crippen LogP contribution < -0.4 is 11.5 Å². The van der Waals surface area contributed by atoms with E-state index in [9.17, 15) is 9.90 Å². The number of nitrogens with one attached hydrogen (secondary N) is 1. The number of hydrogen-bond acceptors (Lipinski definition) is 5. The van der Waals surface area contributed by atoms with E-state index in [1.54, 1.807) is 0 Å². The second-order valence-electron chi connectivity index (χ2n) is 7.47. The third kappa shape index (κ3) is 5.88. The number of ether oxygens (including phenoxy) is 1. The van der Waals surface area contributed by atoms with Crippen LogP contribution in [-0.4, -0.2) is 41.4 Å². The van der Waals surface area contributed by atoms with Crippen molar-refractivity contribution in [1.29, 1.82) is 0 Å². The molecule has 1 aliphatic carbocycles. The summed E-state index contributed by atoms with van der Waals surface area (Å²) in [5.41, 5.74) is 5.27. The molecule has 2 heterocycles. The van der Waals surface area contributed by atoms with Crippen molar-refractivity contribution >= 4 is 5.91 Å². The molecule has 1 fully saturated rings. The maximum absolute atomic E-state index is 12.8. The quantitative estimate of drug-likeness (QED) is 0.710. The number of nitrogens with zero attached hydrogens (tertiary/aromatic N) is 1. The standard InChI is InChI=1S/C22H26N2O3.C2H6.H3N/c25-21-14-27-11-10-19(21)24-22(26)20-13-16(12-15-6-2-1-3-7-15)17-8-4-5-9-18(17)23-20;1-2;/h1-3,6-7,13,19,21,25H,4-5,8-12,14H2,(H,24,26);1-2H3;1H3/t19-,21-;;/m0../s1. The Morgan fingerprint density at radius 3 is 2.67 bits per heavy atom. The van der Waals surface area contributed by atoms with Gasteiger partial charge in [0.15, 0.2) is 0 Å². The molecule has 1 aliphatic heterocycles. The highest BCUT2D eigenvalue weighted by Crippen LogP contribution is 2.26. The number of rotatable bonds is 4. The zero-order valence-electron chi connectivity index (χ0n) is 18.2. The van der Waals surface area contributed by atoms with Gasteiger partial charge in [-0.15, -0.1) is 0 Å². The molecule has 0 unspecified atom stereocenters. The number of pyridine rings is 1. The molecule has 5 N–H and O–H groups in total. The number of aromatic nitrogens is 1. The minimum absolute atomic E-state index is 0. The van der Waals surface area contributed by atoms with Crippen molar-refractivity contribution < 1.29 is 14.6 Å². The number of carbonyl (C=O) groups excluding carboxylic acids is 1. The van der Waals surface area contributed by atoms with Crippen LogP contribution in [0.2, 0.25) is 0 Å². The van der Waals surface area contributed by atoms with E-state index in [1.165, 1.54) is 23.1 Å². The van der Waals surface area contributed by atoms with Gasteiger partial charge in [-0.3, -0.25) is 4.79 Å². The molecule has 0 bridgehead atoms. The van der Waals surface area contributed by atoms with Gasteiger partial charge < -0.3 is 21.3 Å². The molecule has 6 heteroatoms. The van der Waals surface area contributed by atoms with Gasteiger partial charge >= 0.3 is 0 Å². The summed E-state index contributed by atoms with van der Waals surface area (Å²) in [4.78, 5) is 17.5. The summed E-state index contributed by atoms with van der Waals surface area (Å²) in [6.07, 6.45) is 5.03. The van der Waals surface area contributed by atoms with Crippen LogP contribution >= 0.6 is 0 Å². The second kappa shape index (κ2) is 11.8. The van der Waals surface area contributed by atoms with E-state index in [1.807, 2.05) is 38.1 Å². The Labute approximate surface area is 179 Å². The fraction of sp³-hybridized carbons (Fsp3) is 0.500. The first kappa shape index (κ1) is 24.0. The Morgan fingerprint density at radius 1 is 1.20 bits per heavy atom. The van der Waals surface area contributed by atoms with Crippen molar-refractivity contribution in [3.63, 3.8) is 0 Å². The number of hydrogen-bond donors (Lipinski definition) is 3. The SMILES string of the molecule is CC.N.O=C(N[C@H]1CCOC[C@@H]1O)c1cc(Cc2ccccc2)c2c(n1)CCCC2. The van der Waals surface area contributed by atoms with Gasteiger partial charge in [0.05, 0.1) is 18.8 Å². The third-order valence-corrected chi connectivity index (χ3v) is 5.51. The molecule has 0 radical (unpaired) electrons. The van der Waals surface area contributed by atoms with Crippen LogP contribution in [0.3, 0.4) is 0 Å². The summed E-state index contributed by atoms with van der Waals surface area (Å²) < 4.78 is 5.24. The zero-order chi connectivity index (χ0) is 20.6. The Bertz CT molecular complexity index is 811. The highest BCUT2D eigenvalue weighted by Gasteiger charge is 2.27. The molecule has 0 spiro atoms. The molecule has 2 atom stereocenters. The molecule has 6 nitrogen and oxygen atoms in total. The first-order valence-corrected chi connectivity index (χ1v) is 10.8. The van der Waals surface area contributed by atoms with Crippen LogP contribution in [0.5, 0.6) is 0 Å². The first-order chi connectivity index (χ1) is 14.2. The van der Waals surface area contributed by atoms with E-state index < -0.39 is 6.10 Å². The average molecular weight is 414 g/mol. The molecule has 1 amide bonds. The lowest BCUT2D eigenvalue weighted by Crippen LogP contribution is -2.48. The maximum Gasteiger partial charge on any atom is 0.270 e. The topological polar surface area (TPSA) is 106 Å². The van der Waals surface area contributed by atoms with Crippen molar-refractivity contribution in [2.45, 2.75) is 64.5 Å². The van der Waals surface area contributed by atoms with E-state index in [-0.39, 0.29) is 24.7 Å². The van der Waals surface area contributed by atoms with Gasteiger partial charge in [-0.25, -0.2) is 4.98 Å². The summed E-state index contributed by atoms with van der Waals surface area (Å²) in [6, 6.07) is 12.0. The van der Waals surface area contributed by atoms with Crippen LogP contribution in [-0.2, 0) is 24.0 Å². The molecule has 1 aromatic carbocycles. The third-order valence-electron chi connectivity index (χ3n) is 5.51. The summed E-state index contributed by atoms with van der Waals surface area (Å²) in [5.74, 6) is -0.205. The Kier molecular flexibility index (Phi) is 9.43. The summed E-state index contributed by atoms with van der Waals surface area (Å²) in [7, 11) is 0. The maximum atomic E-state index is 12.8. The van der Waals surface area contributed by atoms with E-state index in [0.29, 0.717) is 18.7 Å². The monoisotopic (exact) mass is 413 g/mol. The molecule has 0 saturated carbocycles. The van der Waals surface area contributed by atoms with E-state index >= 15 is 0 Å². The lowest BCUT2D eigenvalue weighted by molar-refractivity contribution is -0.0261. The predicted molar refractivity (Wildman–Crippen MR) is 119 cm³/mol. The largest absolute Gasteiger partial charge is 0.389 e. The molecular formula is C24H35N3O3. The Morgan fingerprint density at radius 2 is 1.93 bits per heavy atom. The number of benzene rings is 1. The molecular weight excluding hydrogens is 378 g/mol. The molecule has 2 aromatic rings. The first-order valence-electron chi connectivity index (χ1n) is 10.8. The highest BCUT2D eigenvalue weighted by molar-refractivity contribution is 5.93. The van der Waals surface area contributed by atoms with Crippen molar-refractivity contribution in [3.05, 3.63) is 64.5 Å². The molecule has 164 valence electrons. The summed E-state index contributed by atoms with van der Waals surface area (Å²) in [6.45, 7) is 4.82. The van der Waals surface area contributed by atoms with Crippen LogP contribution in [0, 0.1) is 0 Å². The van der Waals surface area contributed by atoms with Crippen molar-refractivity contribution in [2.75, 3.05) is 13.2 Å². The molecule has 1 saturated heterocycles. The van der Waals surface area contributed by atoms with Crippen molar-refractivity contribution in [1.82, 2.24) is 16.5 Å². The zero-order valence-corrected chi connectivity index (χ0v) is 18.2. The molecule has 1 aromatic heterocycles. The van der Waals surface area contributed by atoms with Gasteiger partial charge in [0.25, 0.3) is 5.91 Å². The predicted octanol–water partition coefficient (Wildman–Crippen LogP) is 3.62. The van der Waals surface area contributed by atoms with Crippen LogP contribution in [0.15, 0.2) is 36.4 Å². The lowest BCUT2D eigenvalue weighted by atomic mass is 9.89. The summed E-state index contributed by atoms with van der Waals surface area (Å²) in [5, 5.41) is 13.0. The van der Waals surface area contributed by atoms with Gasteiger partial charge in [0.2, 0.25) is 0 Å². The lowest BCUT2D eigenvalue weighted by Gasteiger charge is -2.28. The fourth-order valence-electron chi connectivity index (χ4n) is 4.01.